The first-order valence-corrected chi connectivity index (χ1v) is 7.50. The highest BCUT2D eigenvalue weighted by atomic mass is 32.2. The lowest BCUT2D eigenvalue weighted by Gasteiger charge is -2.39. The number of rotatable bonds is 1. The van der Waals surface area contributed by atoms with Crippen molar-refractivity contribution in [3.05, 3.63) is 0 Å². The van der Waals surface area contributed by atoms with E-state index in [2.05, 4.69) is 5.32 Å². The van der Waals surface area contributed by atoms with E-state index in [9.17, 15) is 8.42 Å². The predicted octanol–water partition coefficient (Wildman–Crippen LogP) is 0.798. The molecule has 0 saturated carbocycles. The molecule has 4 nitrogen and oxygen atoms in total. The maximum atomic E-state index is 12.4. The van der Waals surface area contributed by atoms with Gasteiger partial charge in [-0.2, -0.15) is 4.31 Å². The fourth-order valence-corrected chi connectivity index (χ4v) is 4.35. The van der Waals surface area contributed by atoms with Crippen molar-refractivity contribution < 1.29 is 8.42 Å². The molecular formula is C11H22N2O2S. The van der Waals surface area contributed by atoms with Crippen LogP contribution in [0.2, 0.25) is 0 Å². The highest BCUT2D eigenvalue weighted by Gasteiger charge is 2.45. The predicted molar refractivity (Wildman–Crippen MR) is 64.8 cm³/mol. The van der Waals surface area contributed by atoms with E-state index in [-0.39, 0.29) is 6.04 Å². The van der Waals surface area contributed by atoms with E-state index >= 15 is 0 Å². The molecule has 2 aliphatic rings. The van der Waals surface area contributed by atoms with Gasteiger partial charge in [-0.25, -0.2) is 8.42 Å². The number of sulfonamides is 1. The van der Waals surface area contributed by atoms with Crippen LogP contribution in [0.25, 0.3) is 0 Å². The van der Waals surface area contributed by atoms with E-state index in [4.69, 9.17) is 0 Å². The zero-order chi connectivity index (χ0) is 12.0. The molecule has 2 saturated heterocycles. The Kier molecular flexibility index (Phi) is 3.05. The first-order chi connectivity index (χ1) is 7.34. The maximum absolute atomic E-state index is 12.4. The Hall–Kier alpha value is -0.130. The largest absolute Gasteiger partial charge is 0.315 e. The Labute approximate surface area is 98.4 Å². The van der Waals surface area contributed by atoms with Crippen LogP contribution in [0.4, 0.5) is 0 Å². The van der Waals surface area contributed by atoms with Crippen LogP contribution in [-0.4, -0.2) is 43.1 Å². The van der Waals surface area contributed by atoms with Crippen molar-refractivity contribution in [1.29, 1.82) is 0 Å². The van der Waals surface area contributed by atoms with E-state index in [1.165, 1.54) is 0 Å². The maximum Gasteiger partial charge on any atom is 0.219 e. The van der Waals surface area contributed by atoms with Crippen LogP contribution < -0.4 is 5.32 Å². The summed E-state index contributed by atoms with van der Waals surface area (Å²) < 4.78 is 26.0. The number of hydrogen-bond acceptors (Lipinski definition) is 3. The fraction of sp³-hybridized carbons (Fsp3) is 1.00. The van der Waals surface area contributed by atoms with Gasteiger partial charge in [-0.1, -0.05) is 0 Å². The lowest BCUT2D eigenvalue weighted by molar-refractivity contribution is 0.213. The van der Waals surface area contributed by atoms with Crippen molar-refractivity contribution in [2.75, 3.05) is 19.6 Å². The van der Waals surface area contributed by atoms with Gasteiger partial charge >= 0.3 is 0 Å². The number of nitrogens with zero attached hydrogens (tertiary/aromatic N) is 1. The standard InChI is InChI=1S/C11H22N2O2S/c1-11(2,3)16(14,15)13-6-4-5-9-7-12-8-10(9)13/h9-10,12H,4-8H2,1-3H3. The molecule has 0 bridgehead atoms. The SMILES string of the molecule is CC(C)(C)S(=O)(=O)N1CCCC2CNCC21. The molecule has 2 heterocycles. The van der Waals surface area contributed by atoms with Gasteiger partial charge in [0.1, 0.15) is 0 Å². The van der Waals surface area contributed by atoms with Gasteiger partial charge in [0, 0.05) is 19.1 Å². The summed E-state index contributed by atoms with van der Waals surface area (Å²) in [5.74, 6) is 0.519. The minimum atomic E-state index is -3.16. The van der Waals surface area contributed by atoms with Crippen LogP contribution in [-0.2, 0) is 10.0 Å². The first kappa shape index (κ1) is 12.3. The molecular weight excluding hydrogens is 224 g/mol. The van der Waals surface area contributed by atoms with Crippen molar-refractivity contribution in [3.63, 3.8) is 0 Å². The second-order valence-electron chi connectivity index (χ2n) is 5.86. The molecule has 5 heteroatoms. The lowest BCUT2D eigenvalue weighted by atomic mass is 9.94. The molecule has 0 spiro atoms. The van der Waals surface area contributed by atoms with Crippen LogP contribution in [0.1, 0.15) is 33.6 Å². The lowest BCUT2D eigenvalue weighted by Crippen LogP contribution is -2.53. The molecule has 2 atom stereocenters. The Morgan fingerprint density at radius 1 is 1.25 bits per heavy atom. The highest BCUT2D eigenvalue weighted by molar-refractivity contribution is 7.90. The molecule has 0 aromatic heterocycles. The Morgan fingerprint density at radius 3 is 2.56 bits per heavy atom. The topological polar surface area (TPSA) is 49.4 Å². The van der Waals surface area contributed by atoms with Crippen LogP contribution in [0, 0.1) is 5.92 Å². The summed E-state index contributed by atoms with van der Waals surface area (Å²) in [7, 11) is -3.16. The number of piperidine rings is 1. The van der Waals surface area contributed by atoms with Gasteiger partial charge in [0.25, 0.3) is 0 Å². The summed E-state index contributed by atoms with van der Waals surface area (Å²) in [5, 5.41) is 3.31. The molecule has 94 valence electrons. The number of nitrogens with one attached hydrogen (secondary N) is 1. The molecule has 2 rings (SSSR count). The summed E-state index contributed by atoms with van der Waals surface area (Å²) in [5.41, 5.74) is 0. The van der Waals surface area contributed by atoms with E-state index in [0.29, 0.717) is 12.5 Å². The molecule has 2 unspecified atom stereocenters. The van der Waals surface area contributed by atoms with Gasteiger partial charge < -0.3 is 5.32 Å². The molecule has 0 amide bonds. The average Bonchev–Trinajstić information content (AvgIpc) is 2.62. The highest BCUT2D eigenvalue weighted by Crippen LogP contribution is 2.32. The van der Waals surface area contributed by atoms with Gasteiger partial charge in [0.15, 0.2) is 0 Å². The Morgan fingerprint density at radius 2 is 1.94 bits per heavy atom. The Balaban J connectivity index is 2.27. The molecule has 2 fully saturated rings. The zero-order valence-corrected chi connectivity index (χ0v) is 11.2. The van der Waals surface area contributed by atoms with Crippen molar-refractivity contribution in [2.24, 2.45) is 5.92 Å². The smallest absolute Gasteiger partial charge is 0.219 e. The van der Waals surface area contributed by atoms with Crippen molar-refractivity contribution in [2.45, 2.75) is 44.4 Å². The minimum absolute atomic E-state index is 0.193. The second kappa shape index (κ2) is 3.96. The summed E-state index contributed by atoms with van der Waals surface area (Å²) in [6.45, 7) is 7.85. The Bertz CT molecular complexity index is 359. The quantitative estimate of drug-likeness (QED) is 0.744. The van der Waals surface area contributed by atoms with Crippen LogP contribution >= 0.6 is 0 Å². The second-order valence-corrected chi connectivity index (χ2v) is 8.50. The fourth-order valence-electron chi connectivity index (χ4n) is 2.68. The molecule has 0 radical (unpaired) electrons. The molecule has 0 aromatic carbocycles. The van der Waals surface area contributed by atoms with Gasteiger partial charge in [-0.15, -0.1) is 0 Å². The molecule has 16 heavy (non-hydrogen) atoms. The molecule has 1 N–H and O–H groups in total. The number of fused-ring (bicyclic) bond motifs is 1. The first-order valence-electron chi connectivity index (χ1n) is 6.06. The van der Waals surface area contributed by atoms with Crippen LogP contribution in [0.3, 0.4) is 0 Å². The van der Waals surface area contributed by atoms with Gasteiger partial charge in [-0.05, 0) is 46.1 Å². The van der Waals surface area contributed by atoms with Crippen LogP contribution in [0.15, 0.2) is 0 Å². The van der Waals surface area contributed by atoms with Crippen LogP contribution in [0.5, 0.6) is 0 Å². The average molecular weight is 246 g/mol. The summed E-state index contributed by atoms with van der Waals surface area (Å²) >= 11 is 0. The summed E-state index contributed by atoms with van der Waals surface area (Å²) in [4.78, 5) is 0. The third kappa shape index (κ3) is 1.89. The van der Waals surface area contributed by atoms with Crippen molar-refractivity contribution in [3.8, 4) is 0 Å². The minimum Gasteiger partial charge on any atom is -0.315 e. The van der Waals surface area contributed by atoms with Gasteiger partial charge in [-0.3, -0.25) is 0 Å². The zero-order valence-electron chi connectivity index (χ0n) is 10.4. The van der Waals surface area contributed by atoms with Gasteiger partial charge in [0.05, 0.1) is 4.75 Å². The molecule has 0 aromatic rings. The monoisotopic (exact) mass is 246 g/mol. The number of hydrogen-bond donors (Lipinski definition) is 1. The third-order valence-corrected chi connectivity index (χ3v) is 6.33. The van der Waals surface area contributed by atoms with E-state index in [0.717, 1.165) is 25.9 Å². The van der Waals surface area contributed by atoms with E-state index < -0.39 is 14.8 Å². The summed E-state index contributed by atoms with van der Waals surface area (Å²) in [6, 6.07) is 0.193. The van der Waals surface area contributed by atoms with Crippen molar-refractivity contribution >= 4 is 10.0 Å². The molecule has 0 aliphatic carbocycles. The van der Waals surface area contributed by atoms with Gasteiger partial charge in [0.2, 0.25) is 10.0 Å². The molecule has 2 aliphatic heterocycles. The summed E-state index contributed by atoms with van der Waals surface area (Å²) in [6.07, 6.45) is 2.16. The van der Waals surface area contributed by atoms with E-state index in [1.54, 1.807) is 25.1 Å². The van der Waals surface area contributed by atoms with E-state index in [1.807, 2.05) is 0 Å². The third-order valence-electron chi connectivity index (χ3n) is 3.71. The van der Waals surface area contributed by atoms with Crippen molar-refractivity contribution in [1.82, 2.24) is 9.62 Å². The normalized spacial score (nSPS) is 32.7.